The maximum atomic E-state index is 12.0. The molecule has 0 radical (unpaired) electrons. The van der Waals surface area contributed by atoms with Crippen molar-refractivity contribution in [1.29, 1.82) is 0 Å². The van der Waals surface area contributed by atoms with Gasteiger partial charge in [0.1, 0.15) is 5.75 Å². The molecule has 0 aliphatic carbocycles. The van der Waals surface area contributed by atoms with E-state index in [9.17, 15) is 4.79 Å². The van der Waals surface area contributed by atoms with Crippen LogP contribution in [0.15, 0.2) is 47.1 Å². The largest absolute Gasteiger partial charge is 0.422 e. The maximum absolute atomic E-state index is 12.0. The summed E-state index contributed by atoms with van der Waals surface area (Å²) in [6.07, 6.45) is 0.528. The second-order valence-corrected chi connectivity index (χ2v) is 4.02. The molecular weight excluding hydrogens is 230 g/mol. The number of ether oxygens (including phenoxy) is 1. The summed E-state index contributed by atoms with van der Waals surface area (Å²) in [7, 11) is 0. The fourth-order valence-corrected chi connectivity index (χ4v) is 1.77. The third-order valence-corrected chi connectivity index (χ3v) is 2.54. The summed E-state index contributed by atoms with van der Waals surface area (Å²) in [6.45, 7) is 3.63. The Morgan fingerprint density at radius 1 is 1.33 bits per heavy atom. The Morgan fingerprint density at radius 3 is 2.61 bits per heavy atom. The van der Waals surface area contributed by atoms with Gasteiger partial charge in [-0.3, -0.25) is 10.7 Å². The van der Waals surface area contributed by atoms with Crippen LogP contribution in [0.25, 0.3) is 0 Å². The van der Waals surface area contributed by atoms with Crippen LogP contribution in [0.3, 0.4) is 0 Å². The number of para-hydroxylation sites is 1. The number of allylic oxidation sites excluding steroid dienone is 2. The topological polar surface area (TPSA) is 67.9 Å². The molecule has 1 heterocycles. The summed E-state index contributed by atoms with van der Waals surface area (Å²) in [5.74, 6) is 0.480. The minimum Gasteiger partial charge on any atom is -0.410 e. The summed E-state index contributed by atoms with van der Waals surface area (Å²) in [4.78, 5) is 17.4. The van der Waals surface area contributed by atoms with Gasteiger partial charge in [0, 0.05) is 11.4 Å². The third-order valence-electron chi connectivity index (χ3n) is 2.54. The lowest BCUT2D eigenvalue weighted by Gasteiger charge is -2.29. The van der Waals surface area contributed by atoms with Crippen molar-refractivity contribution in [3.05, 3.63) is 42.1 Å². The first-order chi connectivity index (χ1) is 8.58. The van der Waals surface area contributed by atoms with Crippen molar-refractivity contribution in [2.75, 3.05) is 0 Å². The van der Waals surface area contributed by atoms with Gasteiger partial charge >= 0.3 is 6.09 Å². The van der Waals surface area contributed by atoms with E-state index in [4.69, 9.17) is 10.5 Å². The van der Waals surface area contributed by atoms with Gasteiger partial charge in [-0.25, -0.2) is 9.69 Å². The van der Waals surface area contributed by atoms with E-state index in [0.29, 0.717) is 5.75 Å². The van der Waals surface area contributed by atoms with Crippen LogP contribution in [0.5, 0.6) is 5.75 Å². The van der Waals surface area contributed by atoms with Crippen LogP contribution in [0.2, 0.25) is 0 Å². The number of hydrogen-bond acceptors (Lipinski definition) is 4. The predicted octanol–water partition coefficient (Wildman–Crippen LogP) is 2.11. The molecule has 1 atom stereocenters. The second kappa shape index (κ2) is 5.01. The van der Waals surface area contributed by atoms with Crippen molar-refractivity contribution in [2.24, 2.45) is 10.7 Å². The minimum absolute atomic E-state index is 0.480. The average molecular weight is 245 g/mol. The summed E-state index contributed by atoms with van der Waals surface area (Å²) < 4.78 is 5.23. The van der Waals surface area contributed by atoms with Crippen molar-refractivity contribution < 1.29 is 9.53 Å². The average Bonchev–Trinajstić information content (AvgIpc) is 2.28. The van der Waals surface area contributed by atoms with Gasteiger partial charge in [0.2, 0.25) is 0 Å². The molecule has 94 valence electrons. The summed E-state index contributed by atoms with van der Waals surface area (Å²) >= 11 is 0. The summed E-state index contributed by atoms with van der Waals surface area (Å²) in [6, 6.07) is 8.86. The summed E-state index contributed by atoms with van der Waals surface area (Å²) in [5, 5.41) is 0. The van der Waals surface area contributed by atoms with E-state index in [1.54, 1.807) is 37.3 Å². The van der Waals surface area contributed by atoms with E-state index < -0.39 is 12.4 Å². The van der Waals surface area contributed by atoms with Crippen LogP contribution >= 0.6 is 0 Å². The van der Waals surface area contributed by atoms with Gasteiger partial charge in [0.05, 0.1) is 0 Å². The first-order valence-corrected chi connectivity index (χ1v) is 5.62. The van der Waals surface area contributed by atoms with E-state index in [1.807, 2.05) is 13.0 Å². The number of carbonyl (C=O) groups excluding carboxylic acids is 1. The lowest BCUT2D eigenvalue weighted by molar-refractivity contribution is 0.150. The van der Waals surface area contributed by atoms with Crippen LogP contribution in [0.1, 0.15) is 13.8 Å². The second-order valence-electron chi connectivity index (χ2n) is 4.02. The van der Waals surface area contributed by atoms with E-state index >= 15 is 0 Å². The molecule has 18 heavy (non-hydrogen) atoms. The highest BCUT2D eigenvalue weighted by Gasteiger charge is 2.26. The highest BCUT2D eigenvalue weighted by Crippen LogP contribution is 2.17. The van der Waals surface area contributed by atoms with Crippen LogP contribution in [-0.4, -0.2) is 23.0 Å². The van der Waals surface area contributed by atoms with Crippen molar-refractivity contribution in [3.63, 3.8) is 0 Å². The Labute approximate surface area is 106 Å². The van der Waals surface area contributed by atoms with E-state index in [-0.39, 0.29) is 0 Å². The van der Waals surface area contributed by atoms with Gasteiger partial charge in [0.25, 0.3) is 0 Å². The number of nitrogens with zero attached hydrogens (tertiary/aromatic N) is 2. The van der Waals surface area contributed by atoms with Gasteiger partial charge in [0.15, 0.2) is 6.29 Å². The SMILES string of the molecule is CC1=CC(C)=NC(N)N1C(=O)Oc1ccccc1. The molecule has 0 saturated carbocycles. The molecule has 1 amide bonds. The molecule has 2 rings (SSSR count). The molecule has 1 aliphatic rings. The highest BCUT2D eigenvalue weighted by molar-refractivity contribution is 5.95. The molecule has 0 saturated heterocycles. The number of rotatable bonds is 1. The van der Waals surface area contributed by atoms with Crippen molar-refractivity contribution >= 4 is 11.8 Å². The zero-order chi connectivity index (χ0) is 13.1. The number of nitrogens with two attached hydrogens (primary N) is 1. The monoisotopic (exact) mass is 245 g/mol. The van der Waals surface area contributed by atoms with Gasteiger partial charge in [-0.05, 0) is 32.1 Å². The lowest BCUT2D eigenvalue weighted by Crippen LogP contribution is -2.47. The molecule has 1 aliphatic heterocycles. The van der Waals surface area contributed by atoms with Gasteiger partial charge in [-0.1, -0.05) is 18.2 Å². The summed E-state index contributed by atoms with van der Waals surface area (Å²) in [5.41, 5.74) is 7.32. The Balaban J connectivity index is 2.13. The molecule has 0 bridgehead atoms. The maximum Gasteiger partial charge on any atom is 0.422 e. The van der Waals surface area contributed by atoms with Crippen molar-refractivity contribution in [1.82, 2.24) is 4.90 Å². The molecule has 1 unspecified atom stereocenters. The number of hydrogen-bond donors (Lipinski definition) is 1. The van der Waals surface area contributed by atoms with Crippen LogP contribution in [-0.2, 0) is 0 Å². The first-order valence-electron chi connectivity index (χ1n) is 5.62. The zero-order valence-electron chi connectivity index (χ0n) is 10.3. The number of carbonyl (C=O) groups is 1. The normalized spacial score (nSPS) is 19.1. The molecule has 1 aromatic rings. The number of benzene rings is 1. The number of aliphatic imine (C=N–C) groups is 1. The Kier molecular flexibility index (Phi) is 3.43. The third kappa shape index (κ3) is 2.57. The van der Waals surface area contributed by atoms with Crippen LogP contribution in [0.4, 0.5) is 4.79 Å². The fraction of sp³-hybridized carbons (Fsp3) is 0.231. The highest BCUT2D eigenvalue weighted by atomic mass is 16.6. The standard InChI is InChI=1S/C13H15N3O2/c1-9-8-10(2)16(12(14)15-9)13(17)18-11-6-4-3-5-7-11/h3-8,12H,14H2,1-2H3. The molecular formula is C13H15N3O2. The minimum atomic E-state index is -0.730. The lowest BCUT2D eigenvalue weighted by atomic mass is 10.2. The molecule has 0 aromatic heterocycles. The van der Waals surface area contributed by atoms with Crippen LogP contribution < -0.4 is 10.5 Å². The van der Waals surface area contributed by atoms with Gasteiger partial charge < -0.3 is 4.74 Å². The Hall–Kier alpha value is -2.14. The zero-order valence-corrected chi connectivity index (χ0v) is 10.3. The van der Waals surface area contributed by atoms with E-state index in [0.717, 1.165) is 11.4 Å². The molecule has 5 nitrogen and oxygen atoms in total. The molecule has 1 aromatic carbocycles. The Morgan fingerprint density at radius 2 is 2.00 bits per heavy atom. The van der Waals surface area contributed by atoms with E-state index in [1.165, 1.54) is 4.90 Å². The quantitative estimate of drug-likeness (QED) is 0.823. The smallest absolute Gasteiger partial charge is 0.410 e. The van der Waals surface area contributed by atoms with Gasteiger partial charge in [-0.15, -0.1) is 0 Å². The molecule has 2 N–H and O–H groups in total. The van der Waals surface area contributed by atoms with Crippen molar-refractivity contribution in [2.45, 2.75) is 20.1 Å². The predicted molar refractivity (Wildman–Crippen MR) is 69.1 cm³/mol. The van der Waals surface area contributed by atoms with Crippen molar-refractivity contribution in [3.8, 4) is 5.75 Å². The first kappa shape index (κ1) is 12.3. The number of amides is 1. The fourth-order valence-electron chi connectivity index (χ4n) is 1.77. The van der Waals surface area contributed by atoms with E-state index in [2.05, 4.69) is 4.99 Å². The molecule has 0 fully saturated rings. The van der Waals surface area contributed by atoms with Gasteiger partial charge in [-0.2, -0.15) is 0 Å². The Bertz CT molecular complexity index is 508. The molecule has 0 spiro atoms. The van der Waals surface area contributed by atoms with Crippen LogP contribution in [0, 0.1) is 0 Å². The molecule has 5 heteroatoms.